The molecule has 14 heavy (non-hydrogen) atoms. The molecule has 0 spiro atoms. The maximum Gasteiger partial charge on any atom is 0.497 e. The molecule has 0 amide bonds. The topological polar surface area (TPSA) is 42.4 Å². The molecule has 0 atom stereocenters. The van der Waals surface area contributed by atoms with E-state index in [-0.39, 0.29) is 6.61 Å². The van der Waals surface area contributed by atoms with Crippen LogP contribution in [0.1, 0.15) is 5.56 Å². The van der Waals surface area contributed by atoms with Gasteiger partial charge in [0, 0.05) is 11.6 Å². The number of hydrogen-bond acceptors (Lipinski definition) is 3. The molecule has 1 aromatic carbocycles. The van der Waals surface area contributed by atoms with Crippen molar-refractivity contribution >= 4 is 27.5 Å². The summed E-state index contributed by atoms with van der Waals surface area (Å²) in [6.07, 6.45) is 1.73. The highest BCUT2D eigenvalue weighted by Crippen LogP contribution is 2.25. The summed E-state index contributed by atoms with van der Waals surface area (Å²) in [7, 11) is 0. The van der Waals surface area contributed by atoms with Crippen molar-refractivity contribution in [3.63, 3.8) is 0 Å². The van der Waals surface area contributed by atoms with Gasteiger partial charge in [0.2, 0.25) is 0 Å². The van der Waals surface area contributed by atoms with E-state index >= 15 is 0 Å². The molecule has 1 aromatic heterocycles. The number of aliphatic hydroxyl groups is 1. The highest BCUT2D eigenvalue weighted by molar-refractivity contribution is 6.02. The zero-order valence-corrected chi connectivity index (χ0v) is 9.90. The summed E-state index contributed by atoms with van der Waals surface area (Å²) in [6, 6.07) is 7.53. The van der Waals surface area contributed by atoms with Gasteiger partial charge in [-0.2, -0.15) is 0 Å². The Hall–Kier alpha value is -1.08. The van der Waals surface area contributed by atoms with Gasteiger partial charge in [0.05, 0.1) is 6.61 Å². The van der Waals surface area contributed by atoms with Gasteiger partial charge in [-0.3, -0.25) is 4.98 Å². The first-order valence-corrected chi connectivity index (χ1v) is 5.20. The fraction of sp³-hybridized carbons (Fsp3) is 0.100. The summed E-state index contributed by atoms with van der Waals surface area (Å²) >= 11 is 0.643. The summed E-state index contributed by atoms with van der Waals surface area (Å²) in [4.78, 5) is 4.25. The van der Waals surface area contributed by atoms with Crippen molar-refractivity contribution in [3.05, 3.63) is 36.0 Å². The maximum absolute atomic E-state index is 9.14. The molecule has 0 fully saturated rings. The summed E-state index contributed by atoms with van der Waals surface area (Å²) in [5.74, 6) is 0.796. The molecule has 4 heteroatoms. The molecule has 2 aromatic rings. The largest absolute Gasteiger partial charge is 0.646 e. The van der Waals surface area contributed by atoms with Crippen LogP contribution in [0, 0.1) is 0 Å². The van der Waals surface area contributed by atoms with Crippen LogP contribution in [-0.2, 0) is 6.61 Å². The van der Waals surface area contributed by atoms with E-state index in [1.54, 1.807) is 6.20 Å². The minimum Gasteiger partial charge on any atom is -0.646 e. The highest BCUT2D eigenvalue weighted by atomic mass is 27.1. The molecule has 1 N–H and O–H groups in total. The van der Waals surface area contributed by atoms with Gasteiger partial charge in [0.1, 0.15) is 11.3 Å². The van der Waals surface area contributed by atoms with Crippen molar-refractivity contribution in [2.45, 2.75) is 6.61 Å². The lowest BCUT2D eigenvalue weighted by atomic mass is 10.1. The fourth-order valence-corrected chi connectivity index (χ4v) is 1.84. The van der Waals surface area contributed by atoms with E-state index < -0.39 is 0 Å². The molecule has 0 saturated carbocycles. The van der Waals surface area contributed by atoms with Gasteiger partial charge in [0.25, 0.3) is 0 Å². The smallest absolute Gasteiger partial charge is 0.497 e. The van der Waals surface area contributed by atoms with Crippen LogP contribution < -0.4 is 3.79 Å². The second-order valence-corrected chi connectivity index (χ2v) is 3.39. The highest BCUT2D eigenvalue weighted by Gasteiger charge is 2.04. The van der Waals surface area contributed by atoms with Crippen molar-refractivity contribution in [2.24, 2.45) is 0 Å². The third kappa shape index (κ3) is 1.48. The molecular formula is C10H10AlNO2. The molecule has 0 aliphatic carbocycles. The minimum absolute atomic E-state index is 0.0314. The molecular weight excluding hydrogens is 193 g/mol. The van der Waals surface area contributed by atoms with E-state index in [4.69, 9.17) is 8.90 Å². The van der Waals surface area contributed by atoms with E-state index in [2.05, 4.69) is 4.98 Å². The number of aromatic nitrogens is 1. The summed E-state index contributed by atoms with van der Waals surface area (Å²) in [5.41, 5.74) is 1.71. The molecule has 0 aliphatic heterocycles. The fourth-order valence-electron chi connectivity index (χ4n) is 1.51. The van der Waals surface area contributed by atoms with E-state index in [9.17, 15) is 0 Å². The zero-order valence-electron chi connectivity index (χ0n) is 7.90. The van der Waals surface area contributed by atoms with Gasteiger partial charge in [0.15, 0.2) is 0 Å². The summed E-state index contributed by atoms with van der Waals surface area (Å²) in [5, 5.41) is 10.1. The van der Waals surface area contributed by atoms with E-state index in [0.29, 0.717) is 16.6 Å². The number of pyridine rings is 1. The van der Waals surface area contributed by atoms with Crippen molar-refractivity contribution in [1.29, 1.82) is 0 Å². The van der Waals surface area contributed by atoms with Gasteiger partial charge in [-0.05, 0) is 17.7 Å². The van der Waals surface area contributed by atoms with Crippen LogP contribution in [-0.4, -0.2) is 26.7 Å². The first-order valence-electron chi connectivity index (χ1n) is 4.38. The number of hydrogen-bond donors (Lipinski definition) is 1. The first kappa shape index (κ1) is 9.48. The Balaban J connectivity index is 2.78. The number of nitrogens with zero attached hydrogens (tertiary/aromatic N) is 1. The first-order chi connectivity index (χ1) is 6.86. The number of fused-ring (bicyclic) bond motifs is 1. The second-order valence-electron chi connectivity index (χ2n) is 2.98. The summed E-state index contributed by atoms with van der Waals surface area (Å²) < 4.78 is 5.32. The molecule has 70 valence electrons. The van der Waals surface area contributed by atoms with Crippen LogP contribution in [0.15, 0.2) is 30.5 Å². The van der Waals surface area contributed by atoms with Gasteiger partial charge in [-0.25, -0.2) is 0 Å². The molecule has 3 nitrogen and oxygen atoms in total. The van der Waals surface area contributed by atoms with Crippen molar-refractivity contribution in [2.75, 3.05) is 0 Å². The third-order valence-corrected chi connectivity index (χ3v) is 2.65. The second kappa shape index (κ2) is 3.97. The van der Waals surface area contributed by atoms with Crippen molar-refractivity contribution in [3.8, 4) is 5.75 Å². The minimum atomic E-state index is 0.0314. The average molecular weight is 203 g/mol. The number of aliphatic hydroxyl groups excluding tert-OH is 1. The maximum atomic E-state index is 9.14. The lowest BCUT2D eigenvalue weighted by Gasteiger charge is -2.08. The molecule has 0 radical (unpaired) electrons. The Bertz CT molecular complexity index is 416. The van der Waals surface area contributed by atoms with Gasteiger partial charge < -0.3 is 8.90 Å². The SMILES string of the molecule is OCc1ccc([O][AlH2])c2ncccc12. The Morgan fingerprint density at radius 1 is 1.36 bits per heavy atom. The molecule has 0 unspecified atom stereocenters. The summed E-state index contributed by atoms with van der Waals surface area (Å²) in [6.45, 7) is 0.0314. The van der Waals surface area contributed by atoms with Gasteiger partial charge in [-0.15, -0.1) is 0 Å². The van der Waals surface area contributed by atoms with Crippen LogP contribution in [0.3, 0.4) is 0 Å². The van der Waals surface area contributed by atoms with Gasteiger partial charge >= 0.3 is 16.6 Å². The number of benzene rings is 1. The van der Waals surface area contributed by atoms with Crippen LogP contribution >= 0.6 is 0 Å². The van der Waals surface area contributed by atoms with Crippen molar-refractivity contribution < 1.29 is 8.90 Å². The Kier molecular flexibility index (Phi) is 2.69. The lowest BCUT2D eigenvalue weighted by Crippen LogP contribution is -1.92. The lowest BCUT2D eigenvalue weighted by molar-refractivity contribution is 0.283. The Morgan fingerprint density at radius 3 is 2.93 bits per heavy atom. The normalized spacial score (nSPS) is 10.4. The van der Waals surface area contributed by atoms with Crippen molar-refractivity contribution in [1.82, 2.24) is 4.98 Å². The molecule has 2 rings (SSSR count). The van der Waals surface area contributed by atoms with Crippen LogP contribution in [0.5, 0.6) is 5.75 Å². The predicted molar refractivity (Wildman–Crippen MR) is 56.8 cm³/mol. The van der Waals surface area contributed by atoms with E-state index in [1.165, 1.54) is 0 Å². The number of rotatable bonds is 2. The van der Waals surface area contributed by atoms with Gasteiger partial charge in [-0.1, -0.05) is 12.1 Å². The van der Waals surface area contributed by atoms with Crippen LogP contribution in [0.25, 0.3) is 10.9 Å². The molecule has 0 saturated heterocycles. The zero-order chi connectivity index (χ0) is 9.97. The third-order valence-electron chi connectivity index (χ3n) is 2.21. The Labute approximate surface area is 90.1 Å². The quantitative estimate of drug-likeness (QED) is 0.729. The molecule has 1 heterocycles. The van der Waals surface area contributed by atoms with Crippen LogP contribution in [0.2, 0.25) is 0 Å². The monoisotopic (exact) mass is 203 g/mol. The molecule has 0 bridgehead atoms. The molecule has 0 aliphatic rings. The average Bonchev–Trinajstić information content (AvgIpc) is 2.27. The standard InChI is InChI=1S/C10H9NO2.Al.2H/c12-6-7-3-4-9(13)10-8(7)2-1-5-11-10;;;/h1-5,12-13H,6H2;;;/q;+1;;/p-1. The van der Waals surface area contributed by atoms with E-state index in [0.717, 1.165) is 22.2 Å². The predicted octanol–water partition coefficient (Wildman–Crippen LogP) is 0.654. The Morgan fingerprint density at radius 2 is 2.21 bits per heavy atom. The van der Waals surface area contributed by atoms with E-state index in [1.807, 2.05) is 24.3 Å². The van der Waals surface area contributed by atoms with Crippen LogP contribution in [0.4, 0.5) is 0 Å².